The van der Waals surface area contributed by atoms with Crippen LogP contribution in [-0.2, 0) is 6.54 Å². The molecule has 3 nitrogen and oxygen atoms in total. The zero-order valence-electron chi connectivity index (χ0n) is 11.5. The molecule has 3 heteroatoms. The molecule has 0 spiro atoms. The lowest BCUT2D eigenvalue weighted by molar-refractivity contribution is 0.697. The van der Waals surface area contributed by atoms with E-state index < -0.39 is 0 Å². The van der Waals surface area contributed by atoms with Crippen molar-refractivity contribution >= 4 is 5.82 Å². The van der Waals surface area contributed by atoms with Gasteiger partial charge in [0.05, 0.1) is 12.7 Å². The minimum Gasteiger partial charge on any atom is -0.383 e. The Morgan fingerprint density at radius 1 is 0.950 bits per heavy atom. The molecule has 0 radical (unpaired) electrons. The third-order valence-corrected chi connectivity index (χ3v) is 3.49. The molecular weight excluding hydrogens is 246 g/mol. The molecule has 0 amide bonds. The van der Waals surface area contributed by atoms with Crippen molar-refractivity contribution in [2.75, 3.05) is 5.73 Å². The number of hydrogen-bond acceptors (Lipinski definition) is 2. The van der Waals surface area contributed by atoms with Crippen molar-refractivity contribution in [1.82, 2.24) is 9.78 Å². The average Bonchev–Trinajstić information content (AvgIpc) is 2.82. The summed E-state index contributed by atoms with van der Waals surface area (Å²) in [5.41, 5.74) is 10.8. The first-order valence-electron chi connectivity index (χ1n) is 6.67. The fourth-order valence-corrected chi connectivity index (χ4v) is 2.36. The van der Waals surface area contributed by atoms with Gasteiger partial charge in [-0.1, -0.05) is 54.6 Å². The van der Waals surface area contributed by atoms with E-state index in [9.17, 15) is 0 Å². The average molecular weight is 263 g/mol. The minimum atomic E-state index is 0.693. The molecule has 3 aromatic rings. The minimum absolute atomic E-state index is 0.693. The van der Waals surface area contributed by atoms with E-state index in [1.807, 2.05) is 41.2 Å². The molecule has 1 heterocycles. The maximum atomic E-state index is 6.25. The van der Waals surface area contributed by atoms with Crippen LogP contribution in [0.25, 0.3) is 11.1 Å². The molecule has 0 aliphatic heterocycles. The summed E-state index contributed by atoms with van der Waals surface area (Å²) in [5, 5.41) is 4.42. The van der Waals surface area contributed by atoms with E-state index in [0.717, 1.165) is 11.1 Å². The Kier molecular flexibility index (Phi) is 3.25. The molecule has 20 heavy (non-hydrogen) atoms. The molecule has 0 unspecified atom stereocenters. The summed E-state index contributed by atoms with van der Waals surface area (Å²) in [7, 11) is 0. The summed E-state index contributed by atoms with van der Waals surface area (Å²) in [5.74, 6) is 0.711. The predicted octanol–water partition coefficient (Wildman–Crippen LogP) is 3.49. The second kappa shape index (κ2) is 5.21. The molecule has 1 aromatic heterocycles. The predicted molar refractivity (Wildman–Crippen MR) is 82.4 cm³/mol. The van der Waals surface area contributed by atoms with Gasteiger partial charge in [0.1, 0.15) is 5.82 Å². The van der Waals surface area contributed by atoms with Gasteiger partial charge in [-0.15, -0.1) is 0 Å². The molecule has 2 aromatic carbocycles. The molecule has 0 atom stereocenters. The first-order valence-corrected chi connectivity index (χ1v) is 6.67. The van der Waals surface area contributed by atoms with Gasteiger partial charge >= 0.3 is 0 Å². The summed E-state index contributed by atoms with van der Waals surface area (Å²) in [6.07, 6.45) is 1.85. The molecule has 0 aliphatic carbocycles. The Labute approximate surface area is 118 Å². The number of aryl methyl sites for hydroxylation is 1. The monoisotopic (exact) mass is 263 g/mol. The molecule has 3 rings (SSSR count). The number of rotatable bonds is 3. The van der Waals surface area contributed by atoms with Crippen molar-refractivity contribution in [1.29, 1.82) is 0 Å². The number of aromatic nitrogens is 2. The Bertz CT molecular complexity index is 714. The molecule has 0 aliphatic rings. The quantitative estimate of drug-likeness (QED) is 0.786. The number of benzene rings is 2. The maximum absolute atomic E-state index is 6.25. The van der Waals surface area contributed by atoms with E-state index in [4.69, 9.17) is 5.73 Å². The van der Waals surface area contributed by atoms with E-state index in [1.54, 1.807) is 0 Å². The van der Waals surface area contributed by atoms with Gasteiger partial charge in [-0.25, -0.2) is 4.68 Å². The van der Waals surface area contributed by atoms with Crippen LogP contribution >= 0.6 is 0 Å². The SMILES string of the molecule is Cc1ccccc1-c1cnn(Cc2ccccc2)c1N. The van der Waals surface area contributed by atoms with Crippen molar-refractivity contribution in [3.05, 3.63) is 71.9 Å². The van der Waals surface area contributed by atoms with Crippen LogP contribution in [0.2, 0.25) is 0 Å². The second-order valence-corrected chi connectivity index (χ2v) is 4.90. The van der Waals surface area contributed by atoms with Crippen LogP contribution in [0, 0.1) is 6.92 Å². The lowest BCUT2D eigenvalue weighted by Gasteiger charge is -2.07. The van der Waals surface area contributed by atoms with Crippen molar-refractivity contribution in [3.63, 3.8) is 0 Å². The third-order valence-electron chi connectivity index (χ3n) is 3.49. The van der Waals surface area contributed by atoms with Gasteiger partial charge in [0.25, 0.3) is 0 Å². The number of nitrogens with zero attached hydrogens (tertiary/aromatic N) is 2. The summed E-state index contributed by atoms with van der Waals surface area (Å²) < 4.78 is 1.84. The first-order chi connectivity index (χ1) is 9.75. The zero-order valence-corrected chi connectivity index (χ0v) is 11.5. The van der Waals surface area contributed by atoms with E-state index in [0.29, 0.717) is 12.4 Å². The maximum Gasteiger partial charge on any atom is 0.129 e. The number of nitrogens with two attached hydrogens (primary N) is 1. The Morgan fingerprint density at radius 2 is 1.65 bits per heavy atom. The summed E-state index contributed by atoms with van der Waals surface area (Å²) in [4.78, 5) is 0. The van der Waals surface area contributed by atoms with Crippen LogP contribution in [0.3, 0.4) is 0 Å². The van der Waals surface area contributed by atoms with Gasteiger partial charge in [0.2, 0.25) is 0 Å². The highest BCUT2D eigenvalue weighted by Gasteiger charge is 2.11. The highest BCUT2D eigenvalue weighted by Crippen LogP contribution is 2.28. The summed E-state index contributed by atoms with van der Waals surface area (Å²) in [6, 6.07) is 18.4. The van der Waals surface area contributed by atoms with Crippen LogP contribution in [0.4, 0.5) is 5.82 Å². The van der Waals surface area contributed by atoms with Gasteiger partial charge in [0.15, 0.2) is 0 Å². The van der Waals surface area contributed by atoms with Crippen molar-refractivity contribution in [2.45, 2.75) is 13.5 Å². The topological polar surface area (TPSA) is 43.8 Å². The second-order valence-electron chi connectivity index (χ2n) is 4.90. The van der Waals surface area contributed by atoms with Gasteiger partial charge < -0.3 is 5.73 Å². The van der Waals surface area contributed by atoms with Crippen molar-refractivity contribution in [2.24, 2.45) is 0 Å². The van der Waals surface area contributed by atoms with Crippen LogP contribution in [0.1, 0.15) is 11.1 Å². The molecule has 0 fully saturated rings. The number of anilines is 1. The lowest BCUT2D eigenvalue weighted by Crippen LogP contribution is -2.06. The molecule has 0 saturated heterocycles. The Hall–Kier alpha value is -2.55. The fourth-order valence-electron chi connectivity index (χ4n) is 2.36. The van der Waals surface area contributed by atoms with Crippen LogP contribution in [0.5, 0.6) is 0 Å². The molecule has 0 saturated carbocycles. The Balaban J connectivity index is 1.95. The standard InChI is InChI=1S/C17H17N3/c1-13-7-5-6-10-15(13)16-11-19-20(17(16)18)12-14-8-3-2-4-9-14/h2-11H,12,18H2,1H3. The smallest absolute Gasteiger partial charge is 0.129 e. The number of nitrogen functional groups attached to an aromatic ring is 1. The van der Waals surface area contributed by atoms with E-state index in [1.165, 1.54) is 11.1 Å². The van der Waals surface area contributed by atoms with Gasteiger partial charge in [-0.2, -0.15) is 5.10 Å². The molecule has 2 N–H and O–H groups in total. The zero-order chi connectivity index (χ0) is 13.9. The van der Waals surface area contributed by atoms with Gasteiger partial charge in [-0.3, -0.25) is 0 Å². The number of hydrogen-bond donors (Lipinski definition) is 1. The highest BCUT2D eigenvalue weighted by molar-refractivity contribution is 5.75. The first kappa shape index (κ1) is 12.5. The van der Waals surface area contributed by atoms with Crippen LogP contribution in [0.15, 0.2) is 60.8 Å². The normalized spacial score (nSPS) is 10.7. The largest absolute Gasteiger partial charge is 0.383 e. The van der Waals surface area contributed by atoms with Gasteiger partial charge in [-0.05, 0) is 23.6 Å². The summed E-state index contributed by atoms with van der Waals surface area (Å²) in [6.45, 7) is 2.78. The summed E-state index contributed by atoms with van der Waals surface area (Å²) >= 11 is 0. The van der Waals surface area contributed by atoms with E-state index in [2.05, 4.69) is 36.3 Å². The fraction of sp³-hybridized carbons (Fsp3) is 0.118. The highest BCUT2D eigenvalue weighted by atomic mass is 15.3. The third kappa shape index (κ3) is 2.30. The molecule has 0 bridgehead atoms. The Morgan fingerprint density at radius 3 is 2.40 bits per heavy atom. The van der Waals surface area contributed by atoms with E-state index in [-0.39, 0.29) is 0 Å². The van der Waals surface area contributed by atoms with Crippen LogP contribution in [-0.4, -0.2) is 9.78 Å². The van der Waals surface area contributed by atoms with Crippen molar-refractivity contribution in [3.8, 4) is 11.1 Å². The van der Waals surface area contributed by atoms with Crippen LogP contribution < -0.4 is 5.73 Å². The molecular formula is C17H17N3. The van der Waals surface area contributed by atoms with Crippen molar-refractivity contribution < 1.29 is 0 Å². The molecule has 100 valence electrons. The van der Waals surface area contributed by atoms with E-state index >= 15 is 0 Å². The lowest BCUT2D eigenvalue weighted by atomic mass is 10.0. The van der Waals surface area contributed by atoms with Gasteiger partial charge in [0, 0.05) is 5.56 Å².